The van der Waals surface area contributed by atoms with E-state index in [2.05, 4.69) is 0 Å². The second-order valence-electron chi connectivity index (χ2n) is 5.15. The van der Waals surface area contributed by atoms with Gasteiger partial charge in [-0.2, -0.15) is 13.2 Å². The van der Waals surface area contributed by atoms with Gasteiger partial charge < -0.3 is 9.90 Å². The van der Waals surface area contributed by atoms with Gasteiger partial charge in [-0.1, -0.05) is 19.9 Å². The summed E-state index contributed by atoms with van der Waals surface area (Å²) in [5.74, 6) is -1.78. The van der Waals surface area contributed by atoms with Crippen LogP contribution in [-0.4, -0.2) is 20.4 Å². The highest BCUT2D eigenvalue weighted by atomic mass is 32.2. The number of nitrogens with one attached hydrogen (secondary N) is 1. The van der Waals surface area contributed by atoms with Crippen molar-refractivity contribution in [1.29, 1.82) is 0 Å². The molecule has 0 aliphatic rings. The van der Waals surface area contributed by atoms with Gasteiger partial charge in [0.25, 0.3) is 0 Å². The first-order valence-corrected chi connectivity index (χ1v) is 7.82. The van der Waals surface area contributed by atoms with Crippen LogP contribution in [0.2, 0.25) is 0 Å². The van der Waals surface area contributed by atoms with Crippen LogP contribution in [0.3, 0.4) is 0 Å². The summed E-state index contributed by atoms with van der Waals surface area (Å²) in [7, 11) is -4.40. The molecule has 22 heavy (non-hydrogen) atoms. The quantitative estimate of drug-likeness (QED) is 0.843. The molecular formula is C13H15F3NO4S-. The fourth-order valence-electron chi connectivity index (χ4n) is 1.76. The normalized spacial score (nSPS) is 14.1. The first kappa shape index (κ1) is 18.4. The maximum atomic E-state index is 12.6. The molecule has 1 aromatic rings. The van der Waals surface area contributed by atoms with Gasteiger partial charge in [-0.05, 0) is 30.5 Å². The molecule has 0 saturated heterocycles. The highest BCUT2D eigenvalue weighted by Crippen LogP contribution is 2.30. The zero-order chi connectivity index (χ0) is 17.1. The van der Waals surface area contributed by atoms with Crippen LogP contribution in [0.1, 0.15) is 25.8 Å². The number of rotatable bonds is 6. The highest BCUT2D eigenvalue weighted by molar-refractivity contribution is 7.89. The van der Waals surface area contributed by atoms with Gasteiger partial charge in [0.2, 0.25) is 10.0 Å². The number of carbonyl (C=O) groups excluding carboxylic acids is 1. The van der Waals surface area contributed by atoms with Crippen molar-refractivity contribution >= 4 is 16.0 Å². The second kappa shape index (κ2) is 6.66. The monoisotopic (exact) mass is 338 g/mol. The molecule has 1 rings (SSSR count). The molecule has 0 bridgehead atoms. The molecule has 0 radical (unpaired) electrons. The predicted molar refractivity (Wildman–Crippen MR) is 70.0 cm³/mol. The molecule has 9 heteroatoms. The van der Waals surface area contributed by atoms with Gasteiger partial charge in [-0.25, -0.2) is 13.1 Å². The molecule has 0 heterocycles. The lowest BCUT2D eigenvalue weighted by atomic mass is 10.1. The molecule has 5 nitrogen and oxygen atoms in total. The van der Waals surface area contributed by atoms with Crippen molar-refractivity contribution in [3.8, 4) is 0 Å². The van der Waals surface area contributed by atoms with Crippen molar-refractivity contribution in [3.63, 3.8) is 0 Å². The number of sulfonamides is 1. The topological polar surface area (TPSA) is 86.3 Å². The van der Waals surface area contributed by atoms with Crippen molar-refractivity contribution in [1.82, 2.24) is 4.72 Å². The number of benzene rings is 1. The van der Waals surface area contributed by atoms with Crippen LogP contribution < -0.4 is 9.83 Å². The molecule has 124 valence electrons. The summed E-state index contributed by atoms with van der Waals surface area (Å²) in [6.45, 7) is 3.35. The van der Waals surface area contributed by atoms with E-state index in [9.17, 15) is 31.5 Å². The van der Waals surface area contributed by atoms with E-state index in [4.69, 9.17) is 0 Å². The molecule has 1 N–H and O–H groups in total. The molecule has 0 aliphatic carbocycles. The van der Waals surface area contributed by atoms with E-state index in [1.165, 1.54) is 0 Å². The van der Waals surface area contributed by atoms with Gasteiger partial charge in [0.1, 0.15) is 0 Å². The third-order valence-electron chi connectivity index (χ3n) is 2.76. The third-order valence-corrected chi connectivity index (χ3v) is 4.23. The molecule has 0 amide bonds. The number of hydrogen-bond donors (Lipinski definition) is 1. The number of alkyl halides is 3. The Morgan fingerprint density at radius 2 is 1.91 bits per heavy atom. The fourth-order valence-corrected chi connectivity index (χ4v) is 3.00. The molecule has 1 aromatic carbocycles. The minimum atomic E-state index is -4.70. The van der Waals surface area contributed by atoms with E-state index in [1.54, 1.807) is 13.8 Å². The molecule has 1 atom stereocenters. The molecule has 0 aliphatic heterocycles. The average Bonchev–Trinajstić information content (AvgIpc) is 2.36. The first-order valence-electron chi connectivity index (χ1n) is 6.34. The number of aliphatic carboxylic acids is 1. The zero-order valence-electron chi connectivity index (χ0n) is 11.8. The number of carboxylic acids is 1. The maximum Gasteiger partial charge on any atom is 0.416 e. The van der Waals surface area contributed by atoms with E-state index in [0.717, 1.165) is 18.2 Å². The zero-order valence-corrected chi connectivity index (χ0v) is 12.7. The van der Waals surface area contributed by atoms with E-state index < -0.39 is 38.7 Å². The smallest absolute Gasteiger partial charge is 0.416 e. The van der Waals surface area contributed by atoms with Crippen LogP contribution in [0, 0.1) is 5.92 Å². The Labute approximate surface area is 126 Å². The Morgan fingerprint density at radius 1 is 1.32 bits per heavy atom. The molecule has 0 saturated carbocycles. The Kier molecular flexibility index (Phi) is 5.58. The van der Waals surface area contributed by atoms with Crippen LogP contribution in [-0.2, 0) is 21.0 Å². The maximum absolute atomic E-state index is 12.6. The predicted octanol–water partition coefficient (Wildman–Crippen LogP) is 1.15. The van der Waals surface area contributed by atoms with Crippen LogP contribution in [0.25, 0.3) is 0 Å². The van der Waals surface area contributed by atoms with E-state index >= 15 is 0 Å². The van der Waals surface area contributed by atoms with Gasteiger partial charge in [0.15, 0.2) is 0 Å². The van der Waals surface area contributed by atoms with E-state index in [-0.39, 0.29) is 12.3 Å². The summed E-state index contributed by atoms with van der Waals surface area (Å²) >= 11 is 0. The first-order chi connectivity index (χ1) is 9.93. The second-order valence-corrected chi connectivity index (χ2v) is 6.86. The van der Waals surface area contributed by atoms with Crippen molar-refractivity contribution in [2.45, 2.75) is 37.4 Å². The fraction of sp³-hybridized carbons (Fsp3) is 0.462. The van der Waals surface area contributed by atoms with Gasteiger partial charge >= 0.3 is 6.18 Å². The average molecular weight is 338 g/mol. The Morgan fingerprint density at radius 3 is 2.36 bits per heavy atom. The summed E-state index contributed by atoms with van der Waals surface area (Å²) in [6, 6.07) is 1.56. The number of carboxylic acid groups (broad SMARTS) is 1. The Bertz CT molecular complexity index is 641. The number of halogens is 3. The minimum absolute atomic E-state index is 0.0411. The van der Waals surface area contributed by atoms with Crippen molar-refractivity contribution in [2.24, 2.45) is 5.92 Å². The summed E-state index contributed by atoms with van der Waals surface area (Å²) in [6.07, 6.45) is -4.74. The van der Waals surface area contributed by atoms with E-state index in [1.807, 2.05) is 4.72 Å². The molecule has 0 aromatic heterocycles. The largest absolute Gasteiger partial charge is 0.548 e. The summed E-state index contributed by atoms with van der Waals surface area (Å²) in [5.41, 5.74) is -1.13. The van der Waals surface area contributed by atoms with Crippen LogP contribution >= 0.6 is 0 Å². The number of hydrogen-bond acceptors (Lipinski definition) is 4. The molecule has 0 fully saturated rings. The Balaban J connectivity index is 3.11. The lowest BCUT2D eigenvalue weighted by Gasteiger charge is -2.21. The number of carbonyl (C=O) groups is 1. The van der Waals surface area contributed by atoms with Crippen LogP contribution in [0.5, 0.6) is 0 Å². The van der Waals surface area contributed by atoms with Gasteiger partial charge in [-0.3, -0.25) is 0 Å². The van der Waals surface area contributed by atoms with Crippen LogP contribution in [0.4, 0.5) is 13.2 Å². The highest BCUT2D eigenvalue weighted by Gasteiger charge is 2.32. The van der Waals surface area contributed by atoms with E-state index in [0.29, 0.717) is 6.07 Å². The summed E-state index contributed by atoms with van der Waals surface area (Å²) < 4.78 is 63.7. The lowest BCUT2D eigenvalue weighted by molar-refractivity contribution is -0.308. The molecular weight excluding hydrogens is 323 g/mol. The van der Waals surface area contributed by atoms with Crippen molar-refractivity contribution in [2.75, 3.05) is 0 Å². The standard InChI is InChI=1S/C13H16F3NO4S/c1-8(2)6-11(12(18)19)17-22(20,21)10-5-3-4-9(7-10)13(14,15)16/h3-5,7-8,11,17H,6H2,1-2H3,(H,18,19)/p-1/t11-/m1/s1. The summed E-state index contributed by atoms with van der Waals surface area (Å²) in [4.78, 5) is 10.3. The molecule has 0 unspecified atom stereocenters. The van der Waals surface area contributed by atoms with Crippen molar-refractivity contribution < 1.29 is 31.5 Å². The lowest BCUT2D eigenvalue weighted by Crippen LogP contribution is -2.48. The van der Waals surface area contributed by atoms with Crippen molar-refractivity contribution in [3.05, 3.63) is 29.8 Å². The summed E-state index contributed by atoms with van der Waals surface area (Å²) in [5, 5.41) is 11.0. The molecule has 0 spiro atoms. The van der Waals surface area contributed by atoms with Gasteiger partial charge in [0, 0.05) is 0 Å². The van der Waals surface area contributed by atoms with Gasteiger partial charge in [0.05, 0.1) is 22.5 Å². The minimum Gasteiger partial charge on any atom is -0.548 e. The third kappa shape index (κ3) is 4.99. The van der Waals surface area contributed by atoms with Crippen LogP contribution in [0.15, 0.2) is 29.2 Å². The Hall–Kier alpha value is -1.61. The van der Waals surface area contributed by atoms with Gasteiger partial charge in [-0.15, -0.1) is 0 Å². The SMILES string of the molecule is CC(C)C[C@@H](NS(=O)(=O)c1cccc(C(F)(F)F)c1)C(=O)[O-].